The van der Waals surface area contributed by atoms with Gasteiger partial charge in [-0.2, -0.15) is 0 Å². The summed E-state index contributed by atoms with van der Waals surface area (Å²) in [5.74, 6) is -0.0104. The van der Waals surface area contributed by atoms with E-state index >= 15 is 0 Å². The summed E-state index contributed by atoms with van der Waals surface area (Å²) in [6, 6.07) is 9.68. The van der Waals surface area contributed by atoms with Crippen molar-refractivity contribution in [1.82, 2.24) is 4.72 Å². The number of ether oxygens (including phenoxy) is 1. The monoisotopic (exact) mass is 363 g/mol. The molecular formula is C14H22BrNO3S. The molecule has 0 spiro atoms. The summed E-state index contributed by atoms with van der Waals surface area (Å²) in [5, 5.41) is 0.576. The average Bonchev–Trinajstić information content (AvgIpc) is 2.38. The van der Waals surface area contributed by atoms with E-state index in [4.69, 9.17) is 4.74 Å². The molecule has 1 atom stereocenters. The van der Waals surface area contributed by atoms with Gasteiger partial charge in [0, 0.05) is 11.4 Å². The molecule has 20 heavy (non-hydrogen) atoms. The molecule has 0 aliphatic heterocycles. The number of nitrogens with one attached hydrogen (secondary N) is 1. The topological polar surface area (TPSA) is 55.4 Å². The fourth-order valence-electron chi connectivity index (χ4n) is 1.73. The zero-order chi connectivity index (χ0) is 15.0. The maximum atomic E-state index is 12.0. The molecule has 0 saturated carbocycles. The molecule has 1 N–H and O–H groups in total. The van der Waals surface area contributed by atoms with Crippen molar-refractivity contribution in [1.29, 1.82) is 0 Å². The smallest absolute Gasteiger partial charge is 0.214 e. The molecule has 1 unspecified atom stereocenters. The van der Waals surface area contributed by atoms with Gasteiger partial charge in [0.15, 0.2) is 0 Å². The fourth-order valence-corrected chi connectivity index (χ4v) is 3.45. The second-order valence-corrected chi connectivity index (χ2v) is 7.42. The molecule has 0 fully saturated rings. The van der Waals surface area contributed by atoms with Crippen LogP contribution in [0.25, 0.3) is 0 Å². The van der Waals surface area contributed by atoms with E-state index in [2.05, 4.69) is 20.7 Å². The predicted molar refractivity (Wildman–Crippen MR) is 85.7 cm³/mol. The molecule has 0 bridgehead atoms. The molecule has 0 radical (unpaired) electrons. The van der Waals surface area contributed by atoms with E-state index in [9.17, 15) is 8.42 Å². The Morgan fingerprint density at radius 3 is 2.45 bits per heavy atom. The summed E-state index contributed by atoms with van der Waals surface area (Å²) < 4.78 is 31.9. The lowest BCUT2D eigenvalue weighted by Crippen LogP contribution is -2.40. The number of alkyl halides is 1. The van der Waals surface area contributed by atoms with Crippen LogP contribution in [-0.4, -0.2) is 38.3 Å². The lowest BCUT2D eigenvalue weighted by atomic mass is 10.1. The SMILES string of the molecule is CC(C)OCCS(=O)(=O)NC(CBr)Cc1ccccc1. The van der Waals surface area contributed by atoms with Crippen molar-refractivity contribution in [3.63, 3.8) is 0 Å². The van der Waals surface area contributed by atoms with Gasteiger partial charge in [0.2, 0.25) is 10.0 Å². The highest BCUT2D eigenvalue weighted by Crippen LogP contribution is 2.06. The van der Waals surface area contributed by atoms with E-state index in [1.807, 2.05) is 44.2 Å². The van der Waals surface area contributed by atoms with Crippen LogP contribution in [0.5, 0.6) is 0 Å². The first-order chi connectivity index (χ1) is 9.43. The van der Waals surface area contributed by atoms with Crippen molar-refractivity contribution in [2.75, 3.05) is 17.7 Å². The van der Waals surface area contributed by atoms with Gasteiger partial charge in [-0.25, -0.2) is 13.1 Å². The molecule has 6 heteroatoms. The Labute approximate surface area is 130 Å². The van der Waals surface area contributed by atoms with Crippen LogP contribution in [0.15, 0.2) is 30.3 Å². The number of benzene rings is 1. The van der Waals surface area contributed by atoms with E-state index in [0.717, 1.165) is 5.56 Å². The highest BCUT2D eigenvalue weighted by Gasteiger charge is 2.17. The maximum Gasteiger partial charge on any atom is 0.214 e. The van der Waals surface area contributed by atoms with Crippen LogP contribution in [0.4, 0.5) is 0 Å². The molecular weight excluding hydrogens is 342 g/mol. The predicted octanol–water partition coefficient (Wildman–Crippen LogP) is 2.34. The first-order valence-corrected chi connectivity index (χ1v) is 9.42. The average molecular weight is 364 g/mol. The zero-order valence-electron chi connectivity index (χ0n) is 11.9. The highest BCUT2D eigenvalue weighted by molar-refractivity contribution is 9.09. The van der Waals surface area contributed by atoms with Crippen LogP contribution in [0.2, 0.25) is 0 Å². The number of rotatable bonds is 9. The van der Waals surface area contributed by atoms with Crippen LogP contribution in [0.3, 0.4) is 0 Å². The van der Waals surface area contributed by atoms with Crippen LogP contribution in [0.1, 0.15) is 19.4 Å². The van der Waals surface area contributed by atoms with Gasteiger partial charge in [-0.15, -0.1) is 0 Å². The van der Waals surface area contributed by atoms with Gasteiger partial charge in [0.25, 0.3) is 0 Å². The summed E-state index contributed by atoms with van der Waals surface area (Å²) in [5.41, 5.74) is 1.11. The Bertz CT molecular complexity index is 476. The van der Waals surface area contributed by atoms with E-state index in [-0.39, 0.29) is 24.5 Å². The lowest BCUT2D eigenvalue weighted by molar-refractivity contribution is 0.0911. The van der Waals surface area contributed by atoms with Crippen LogP contribution in [0, 0.1) is 0 Å². The molecule has 4 nitrogen and oxygen atoms in total. The Balaban J connectivity index is 2.50. The standard InChI is InChI=1S/C14H22BrNO3S/c1-12(2)19-8-9-20(17,18)16-14(11-15)10-13-6-4-3-5-7-13/h3-7,12,14,16H,8-11H2,1-2H3. The minimum absolute atomic E-state index is 0.0104. The summed E-state index contributed by atoms with van der Waals surface area (Å²) in [4.78, 5) is 0. The van der Waals surface area contributed by atoms with Crippen molar-refractivity contribution < 1.29 is 13.2 Å². The Morgan fingerprint density at radius 2 is 1.90 bits per heavy atom. The molecule has 0 aliphatic carbocycles. The van der Waals surface area contributed by atoms with Gasteiger partial charge < -0.3 is 4.74 Å². The third-order valence-corrected chi connectivity index (χ3v) is 4.84. The molecule has 0 saturated heterocycles. The first-order valence-electron chi connectivity index (χ1n) is 6.64. The number of halogens is 1. The minimum Gasteiger partial charge on any atom is -0.378 e. The van der Waals surface area contributed by atoms with Crippen molar-refractivity contribution in [2.45, 2.75) is 32.4 Å². The molecule has 0 aliphatic rings. The van der Waals surface area contributed by atoms with Crippen molar-refractivity contribution >= 4 is 26.0 Å². The third-order valence-electron chi connectivity index (χ3n) is 2.66. The van der Waals surface area contributed by atoms with Crippen molar-refractivity contribution in [3.05, 3.63) is 35.9 Å². The Hall–Kier alpha value is -0.430. The normalized spacial score (nSPS) is 13.6. The van der Waals surface area contributed by atoms with E-state index < -0.39 is 10.0 Å². The van der Waals surface area contributed by atoms with Crippen molar-refractivity contribution in [3.8, 4) is 0 Å². The summed E-state index contributed by atoms with van der Waals surface area (Å²) >= 11 is 3.36. The summed E-state index contributed by atoms with van der Waals surface area (Å²) in [6.45, 7) is 3.99. The van der Waals surface area contributed by atoms with Gasteiger partial charge >= 0.3 is 0 Å². The first kappa shape index (κ1) is 17.6. The van der Waals surface area contributed by atoms with Gasteiger partial charge in [0.05, 0.1) is 18.5 Å². The Kier molecular flexibility index (Phi) is 7.72. The van der Waals surface area contributed by atoms with Crippen LogP contribution >= 0.6 is 15.9 Å². The van der Waals surface area contributed by atoms with E-state index in [0.29, 0.717) is 11.8 Å². The summed E-state index contributed by atoms with van der Waals surface area (Å²) in [7, 11) is -3.31. The third kappa shape index (κ3) is 7.38. The number of hydrogen-bond acceptors (Lipinski definition) is 3. The molecule has 1 aromatic carbocycles. The number of sulfonamides is 1. The van der Waals surface area contributed by atoms with E-state index in [1.54, 1.807) is 0 Å². The van der Waals surface area contributed by atoms with Gasteiger partial charge in [-0.05, 0) is 25.8 Å². The van der Waals surface area contributed by atoms with Gasteiger partial charge in [0.1, 0.15) is 0 Å². The molecule has 114 valence electrons. The quantitative estimate of drug-likeness (QED) is 0.685. The van der Waals surface area contributed by atoms with Crippen molar-refractivity contribution in [2.24, 2.45) is 0 Å². The zero-order valence-corrected chi connectivity index (χ0v) is 14.3. The fraction of sp³-hybridized carbons (Fsp3) is 0.571. The highest BCUT2D eigenvalue weighted by atomic mass is 79.9. The van der Waals surface area contributed by atoms with Gasteiger partial charge in [-0.3, -0.25) is 0 Å². The van der Waals surface area contributed by atoms with Crippen LogP contribution in [-0.2, 0) is 21.2 Å². The number of hydrogen-bond donors (Lipinski definition) is 1. The second kappa shape index (κ2) is 8.77. The summed E-state index contributed by atoms with van der Waals surface area (Å²) in [6.07, 6.45) is 0.706. The Morgan fingerprint density at radius 1 is 1.25 bits per heavy atom. The second-order valence-electron chi connectivity index (χ2n) is 4.90. The molecule has 0 amide bonds. The molecule has 0 aromatic heterocycles. The lowest BCUT2D eigenvalue weighted by Gasteiger charge is -2.17. The largest absolute Gasteiger partial charge is 0.378 e. The molecule has 1 aromatic rings. The van der Waals surface area contributed by atoms with E-state index in [1.165, 1.54) is 0 Å². The van der Waals surface area contributed by atoms with Crippen LogP contribution < -0.4 is 4.72 Å². The van der Waals surface area contributed by atoms with Gasteiger partial charge in [-0.1, -0.05) is 46.3 Å². The molecule has 1 rings (SSSR count). The molecule has 0 heterocycles. The maximum absolute atomic E-state index is 12.0. The minimum atomic E-state index is -3.31.